The van der Waals surface area contributed by atoms with E-state index in [4.69, 9.17) is 10.8 Å². The highest BCUT2D eigenvalue weighted by Crippen LogP contribution is 1.98. The van der Waals surface area contributed by atoms with Gasteiger partial charge in [-0.3, -0.25) is 0 Å². The molecule has 12 heavy (non-hydrogen) atoms. The fourth-order valence-corrected chi connectivity index (χ4v) is 1.27. The lowest BCUT2D eigenvalue weighted by molar-refractivity contribution is 0.180. The molecular formula is C9H22N2O. The van der Waals surface area contributed by atoms with Gasteiger partial charge < -0.3 is 15.7 Å². The first-order chi connectivity index (χ1) is 5.74. The molecule has 0 aromatic rings. The van der Waals surface area contributed by atoms with Crippen LogP contribution in [-0.2, 0) is 0 Å². The van der Waals surface area contributed by atoms with E-state index in [-0.39, 0.29) is 6.61 Å². The molecule has 3 nitrogen and oxygen atoms in total. The van der Waals surface area contributed by atoms with Crippen LogP contribution in [0.2, 0.25) is 0 Å². The Morgan fingerprint density at radius 3 is 2.50 bits per heavy atom. The molecule has 0 heterocycles. The fourth-order valence-electron chi connectivity index (χ4n) is 1.27. The summed E-state index contributed by atoms with van der Waals surface area (Å²) in [7, 11) is 0. The van der Waals surface area contributed by atoms with E-state index in [0.29, 0.717) is 5.92 Å². The Labute approximate surface area is 75.6 Å². The van der Waals surface area contributed by atoms with Gasteiger partial charge in [-0.1, -0.05) is 13.8 Å². The first kappa shape index (κ1) is 11.9. The number of hydrogen-bond donors (Lipinski definition) is 2. The molecule has 0 aliphatic rings. The van der Waals surface area contributed by atoms with Gasteiger partial charge in [0.1, 0.15) is 0 Å². The molecule has 3 heteroatoms. The third-order valence-corrected chi connectivity index (χ3v) is 1.93. The van der Waals surface area contributed by atoms with Crippen molar-refractivity contribution >= 4 is 0 Å². The molecule has 1 atom stereocenters. The topological polar surface area (TPSA) is 49.5 Å². The molecule has 0 amide bonds. The number of aliphatic hydroxyl groups excluding tert-OH is 1. The molecule has 3 N–H and O–H groups in total. The molecule has 0 aromatic heterocycles. The minimum atomic E-state index is 0.247. The standard InChI is InChI=1S/C9H22N2O/c1-3-4-11(5-6-12)8-9(2)7-10/h9,12H,3-8,10H2,1-2H3. The Morgan fingerprint density at radius 2 is 2.08 bits per heavy atom. The summed E-state index contributed by atoms with van der Waals surface area (Å²) in [5.41, 5.74) is 5.52. The van der Waals surface area contributed by atoms with E-state index in [2.05, 4.69) is 18.7 Å². The van der Waals surface area contributed by atoms with E-state index in [1.807, 2.05) is 0 Å². The summed E-state index contributed by atoms with van der Waals surface area (Å²) in [6.07, 6.45) is 1.14. The Morgan fingerprint density at radius 1 is 1.42 bits per heavy atom. The molecule has 0 rings (SSSR count). The van der Waals surface area contributed by atoms with E-state index < -0.39 is 0 Å². The third kappa shape index (κ3) is 5.52. The molecule has 74 valence electrons. The molecule has 0 aliphatic carbocycles. The van der Waals surface area contributed by atoms with Gasteiger partial charge in [-0.2, -0.15) is 0 Å². The van der Waals surface area contributed by atoms with E-state index in [9.17, 15) is 0 Å². The van der Waals surface area contributed by atoms with Gasteiger partial charge in [-0.25, -0.2) is 0 Å². The molecule has 1 unspecified atom stereocenters. The van der Waals surface area contributed by atoms with E-state index >= 15 is 0 Å². The Kier molecular flexibility index (Phi) is 7.45. The average molecular weight is 174 g/mol. The number of aliphatic hydroxyl groups is 1. The fraction of sp³-hybridized carbons (Fsp3) is 1.00. The smallest absolute Gasteiger partial charge is 0.0558 e. The van der Waals surface area contributed by atoms with Gasteiger partial charge in [0.25, 0.3) is 0 Å². The van der Waals surface area contributed by atoms with Crippen molar-refractivity contribution in [1.82, 2.24) is 4.90 Å². The summed E-state index contributed by atoms with van der Waals surface area (Å²) < 4.78 is 0. The van der Waals surface area contributed by atoms with Crippen LogP contribution in [0.5, 0.6) is 0 Å². The second-order valence-corrected chi connectivity index (χ2v) is 3.37. The first-order valence-corrected chi connectivity index (χ1v) is 4.77. The minimum absolute atomic E-state index is 0.247. The van der Waals surface area contributed by atoms with Crippen LogP contribution in [0.25, 0.3) is 0 Å². The van der Waals surface area contributed by atoms with Crippen molar-refractivity contribution in [3.05, 3.63) is 0 Å². The maximum absolute atomic E-state index is 8.78. The maximum Gasteiger partial charge on any atom is 0.0558 e. The second-order valence-electron chi connectivity index (χ2n) is 3.37. The lowest BCUT2D eigenvalue weighted by atomic mass is 10.1. The molecular weight excluding hydrogens is 152 g/mol. The monoisotopic (exact) mass is 174 g/mol. The van der Waals surface area contributed by atoms with Crippen molar-refractivity contribution in [1.29, 1.82) is 0 Å². The normalized spacial score (nSPS) is 13.8. The Bertz CT molecular complexity index is 92.5. The number of rotatable bonds is 7. The zero-order chi connectivity index (χ0) is 9.40. The molecule has 0 radical (unpaired) electrons. The zero-order valence-corrected chi connectivity index (χ0v) is 8.29. The molecule has 0 bridgehead atoms. The minimum Gasteiger partial charge on any atom is -0.395 e. The van der Waals surface area contributed by atoms with Crippen LogP contribution in [-0.4, -0.2) is 42.8 Å². The molecule has 0 saturated heterocycles. The number of hydrogen-bond acceptors (Lipinski definition) is 3. The van der Waals surface area contributed by atoms with Gasteiger partial charge in [0.05, 0.1) is 6.61 Å². The van der Waals surface area contributed by atoms with Crippen molar-refractivity contribution in [2.75, 3.05) is 32.8 Å². The van der Waals surface area contributed by atoms with Gasteiger partial charge in [0.2, 0.25) is 0 Å². The first-order valence-electron chi connectivity index (χ1n) is 4.77. The van der Waals surface area contributed by atoms with Crippen LogP contribution in [0.15, 0.2) is 0 Å². The predicted octanol–water partition coefficient (Wildman–Crippen LogP) is 0.285. The largest absolute Gasteiger partial charge is 0.395 e. The van der Waals surface area contributed by atoms with Crippen molar-refractivity contribution in [3.63, 3.8) is 0 Å². The highest BCUT2D eigenvalue weighted by Gasteiger charge is 2.06. The second kappa shape index (κ2) is 7.53. The summed E-state index contributed by atoms with van der Waals surface area (Å²) in [6, 6.07) is 0. The van der Waals surface area contributed by atoms with Gasteiger partial charge in [0.15, 0.2) is 0 Å². The summed E-state index contributed by atoms with van der Waals surface area (Å²) >= 11 is 0. The quantitative estimate of drug-likeness (QED) is 0.583. The molecule has 0 aromatic carbocycles. The van der Waals surface area contributed by atoms with Crippen LogP contribution >= 0.6 is 0 Å². The van der Waals surface area contributed by atoms with E-state index in [1.165, 1.54) is 0 Å². The molecule has 0 spiro atoms. The molecule has 0 saturated carbocycles. The zero-order valence-electron chi connectivity index (χ0n) is 8.29. The third-order valence-electron chi connectivity index (χ3n) is 1.93. The van der Waals surface area contributed by atoms with Crippen LogP contribution in [0.3, 0.4) is 0 Å². The summed E-state index contributed by atoms with van der Waals surface area (Å²) in [4.78, 5) is 2.26. The van der Waals surface area contributed by atoms with Crippen LogP contribution in [0.4, 0.5) is 0 Å². The van der Waals surface area contributed by atoms with Crippen LogP contribution in [0.1, 0.15) is 20.3 Å². The Balaban J connectivity index is 3.61. The summed E-state index contributed by atoms with van der Waals surface area (Å²) in [5, 5.41) is 8.78. The lowest BCUT2D eigenvalue weighted by Gasteiger charge is -2.23. The highest BCUT2D eigenvalue weighted by atomic mass is 16.3. The van der Waals surface area contributed by atoms with Gasteiger partial charge in [0, 0.05) is 13.1 Å². The van der Waals surface area contributed by atoms with Crippen molar-refractivity contribution in [2.45, 2.75) is 20.3 Å². The molecule has 0 aliphatic heterocycles. The maximum atomic E-state index is 8.78. The van der Waals surface area contributed by atoms with Crippen LogP contribution in [0, 0.1) is 5.92 Å². The van der Waals surface area contributed by atoms with Crippen molar-refractivity contribution < 1.29 is 5.11 Å². The van der Waals surface area contributed by atoms with Gasteiger partial charge >= 0.3 is 0 Å². The van der Waals surface area contributed by atoms with Crippen molar-refractivity contribution in [2.24, 2.45) is 11.7 Å². The SMILES string of the molecule is CCCN(CCO)CC(C)CN. The predicted molar refractivity (Wildman–Crippen MR) is 52.0 cm³/mol. The number of nitrogens with two attached hydrogens (primary N) is 1. The lowest BCUT2D eigenvalue weighted by Crippen LogP contribution is -2.34. The van der Waals surface area contributed by atoms with E-state index in [1.54, 1.807) is 0 Å². The van der Waals surface area contributed by atoms with E-state index in [0.717, 1.165) is 32.6 Å². The van der Waals surface area contributed by atoms with Crippen LogP contribution < -0.4 is 5.73 Å². The summed E-state index contributed by atoms with van der Waals surface area (Å²) in [6.45, 7) is 8.11. The molecule has 0 fully saturated rings. The average Bonchev–Trinajstić information content (AvgIpc) is 2.05. The van der Waals surface area contributed by atoms with Gasteiger partial charge in [-0.15, -0.1) is 0 Å². The van der Waals surface area contributed by atoms with Crippen molar-refractivity contribution in [3.8, 4) is 0 Å². The van der Waals surface area contributed by atoms with Gasteiger partial charge in [-0.05, 0) is 25.4 Å². The number of nitrogens with zero attached hydrogens (tertiary/aromatic N) is 1. The summed E-state index contributed by atoms with van der Waals surface area (Å²) in [5.74, 6) is 0.531. The highest BCUT2D eigenvalue weighted by molar-refractivity contribution is 4.62. The Hall–Kier alpha value is -0.120.